The summed E-state index contributed by atoms with van der Waals surface area (Å²) in [6.07, 6.45) is 0. The zero-order valence-corrected chi connectivity index (χ0v) is 14.1. The summed E-state index contributed by atoms with van der Waals surface area (Å²) in [5, 5.41) is 3.40. The summed E-state index contributed by atoms with van der Waals surface area (Å²) in [5.41, 5.74) is 3.12. The first-order valence-corrected chi connectivity index (χ1v) is 7.66. The molecular weight excluding hydrogens is 312 g/mol. The summed E-state index contributed by atoms with van der Waals surface area (Å²) in [6, 6.07) is 12.8. The molecule has 5 heteroatoms. The number of nitrogens with one attached hydrogen (secondary N) is 1. The van der Waals surface area contributed by atoms with E-state index in [2.05, 4.69) is 5.32 Å². The minimum absolute atomic E-state index is 0.0646. The Kier molecular flexibility index (Phi) is 5.40. The van der Waals surface area contributed by atoms with Crippen molar-refractivity contribution in [2.45, 2.75) is 20.8 Å². The minimum atomic E-state index is -0.256. The molecule has 0 bridgehead atoms. The normalized spacial score (nSPS) is 10.3. The molecule has 4 nitrogen and oxygen atoms in total. The number of nitrogens with zero attached hydrogens (tertiary/aromatic N) is 1. The van der Waals surface area contributed by atoms with Crippen molar-refractivity contribution in [2.24, 2.45) is 0 Å². The largest absolute Gasteiger partial charge is 0.324 e. The van der Waals surface area contributed by atoms with Crippen LogP contribution in [0.2, 0.25) is 5.02 Å². The van der Waals surface area contributed by atoms with Gasteiger partial charge in [0, 0.05) is 23.3 Å². The van der Waals surface area contributed by atoms with E-state index in [1.54, 1.807) is 18.2 Å². The lowest BCUT2D eigenvalue weighted by Gasteiger charge is -2.23. The summed E-state index contributed by atoms with van der Waals surface area (Å²) in [6.45, 7) is 5.11. The van der Waals surface area contributed by atoms with Crippen LogP contribution in [0.15, 0.2) is 42.5 Å². The van der Waals surface area contributed by atoms with Crippen molar-refractivity contribution in [3.8, 4) is 0 Å². The van der Waals surface area contributed by atoms with Crippen molar-refractivity contribution in [1.82, 2.24) is 0 Å². The summed E-state index contributed by atoms with van der Waals surface area (Å²) < 4.78 is 0. The number of para-hydroxylation sites is 1. The Balaban J connectivity index is 2.20. The first-order chi connectivity index (χ1) is 10.9. The Morgan fingerprint density at radius 2 is 1.78 bits per heavy atom. The Labute approximate surface area is 141 Å². The second kappa shape index (κ2) is 7.29. The van der Waals surface area contributed by atoms with Gasteiger partial charge in [0.2, 0.25) is 11.8 Å². The highest BCUT2D eigenvalue weighted by molar-refractivity contribution is 6.31. The highest BCUT2D eigenvalue weighted by atomic mass is 35.5. The number of aryl methyl sites for hydroxylation is 1. The van der Waals surface area contributed by atoms with E-state index in [-0.39, 0.29) is 18.4 Å². The molecule has 1 N–H and O–H groups in total. The summed E-state index contributed by atoms with van der Waals surface area (Å²) in [7, 11) is 0. The number of rotatable bonds is 4. The third kappa shape index (κ3) is 4.11. The molecule has 0 fully saturated rings. The Bertz CT molecular complexity index is 744. The number of anilines is 2. The van der Waals surface area contributed by atoms with Crippen LogP contribution in [-0.2, 0) is 9.59 Å². The second-order valence-corrected chi connectivity index (χ2v) is 5.76. The van der Waals surface area contributed by atoms with Crippen LogP contribution < -0.4 is 10.2 Å². The average molecular weight is 331 g/mol. The Morgan fingerprint density at radius 3 is 2.43 bits per heavy atom. The van der Waals surface area contributed by atoms with Gasteiger partial charge in [0.05, 0.1) is 0 Å². The summed E-state index contributed by atoms with van der Waals surface area (Å²) in [5.74, 6) is -0.468. The SMILES string of the molecule is CC(=O)N(CC(=O)Nc1ccccc1C)c1cccc(Cl)c1C. The van der Waals surface area contributed by atoms with Gasteiger partial charge in [0.1, 0.15) is 6.54 Å². The van der Waals surface area contributed by atoms with Crippen molar-refractivity contribution in [3.63, 3.8) is 0 Å². The fraction of sp³-hybridized carbons (Fsp3) is 0.222. The number of hydrogen-bond acceptors (Lipinski definition) is 2. The lowest BCUT2D eigenvalue weighted by atomic mass is 10.1. The van der Waals surface area contributed by atoms with Crippen LogP contribution >= 0.6 is 11.6 Å². The van der Waals surface area contributed by atoms with E-state index in [0.717, 1.165) is 16.8 Å². The maximum Gasteiger partial charge on any atom is 0.244 e. The van der Waals surface area contributed by atoms with Gasteiger partial charge in [-0.1, -0.05) is 35.9 Å². The number of benzene rings is 2. The standard InChI is InChI=1S/C18H19ClN2O2/c1-12-7-4-5-9-16(12)20-18(23)11-21(14(3)22)17-10-6-8-15(19)13(17)2/h4-10H,11H2,1-3H3,(H,20,23). The number of hydrogen-bond donors (Lipinski definition) is 1. The highest BCUT2D eigenvalue weighted by Gasteiger charge is 2.18. The van der Waals surface area contributed by atoms with Crippen LogP contribution in [0, 0.1) is 13.8 Å². The molecule has 0 heterocycles. The third-order valence-corrected chi connectivity index (χ3v) is 4.04. The first kappa shape index (κ1) is 17.0. The van der Waals surface area contributed by atoms with E-state index in [4.69, 9.17) is 11.6 Å². The van der Waals surface area contributed by atoms with Gasteiger partial charge < -0.3 is 10.2 Å². The smallest absolute Gasteiger partial charge is 0.244 e. The zero-order chi connectivity index (χ0) is 17.0. The van der Waals surface area contributed by atoms with Gasteiger partial charge in [-0.25, -0.2) is 0 Å². The third-order valence-electron chi connectivity index (χ3n) is 3.63. The van der Waals surface area contributed by atoms with E-state index in [0.29, 0.717) is 10.7 Å². The second-order valence-electron chi connectivity index (χ2n) is 5.35. The molecule has 2 rings (SSSR count). The number of carbonyl (C=O) groups is 2. The van der Waals surface area contributed by atoms with Crippen LogP contribution in [-0.4, -0.2) is 18.4 Å². The van der Waals surface area contributed by atoms with Gasteiger partial charge in [0.25, 0.3) is 0 Å². The van der Waals surface area contributed by atoms with E-state index in [1.807, 2.05) is 38.1 Å². The van der Waals surface area contributed by atoms with Crippen molar-refractivity contribution < 1.29 is 9.59 Å². The van der Waals surface area contributed by atoms with Crippen molar-refractivity contribution in [2.75, 3.05) is 16.8 Å². The summed E-state index contributed by atoms with van der Waals surface area (Å²) >= 11 is 6.11. The van der Waals surface area contributed by atoms with Crippen LogP contribution in [0.3, 0.4) is 0 Å². The van der Waals surface area contributed by atoms with E-state index in [9.17, 15) is 9.59 Å². The molecule has 0 aliphatic heterocycles. The molecule has 0 spiro atoms. The fourth-order valence-electron chi connectivity index (χ4n) is 2.30. The molecule has 0 aliphatic rings. The minimum Gasteiger partial charge on any atom is -0.324 e. The average Bonchev–Trinajstić information content (AvgIpc) is 2.50. The Morgan fingerprint density at radius 1 is 1.09 bits per heavy atom. The maximum absolute atomic E-state index is 12.3. The van der Waals surface area contributed by atoms with Crippen LogP contribution in [0.5, 0.6) is 0 Å². The monoisotopic (exact) mass is 330 g/mol. The molecule has 0 saturated heterocycles. The number of carbonyl (C=O) groups excluding carboxylic acids is 2. The van der Waals surface area contributed by atoms with Gasteiger partial charge in [0.15, 0.2) is 0 Å². The Hall–Kier alpha value is -2.33. The molecule has 120 valence electrons. The molecule has 0 unspecified atom stereocenters. The summed E-state index contributed by atoms with van der Waals surface area (Å²) in [4.78, 5) is 25.7. The molecule has 0 aromatic heterocycles. The predicted molar refractivity (Wildman–Crippen MR) is 94.0 cm³/mol. The molecule has 23 heavy (non-hydrogen) atoms. The molecule has 2 aromatic carbocycles. The first-order valence-electron chi connectivity index (χ1n) is 7.29. The van der Waals surface area contributed by atoms with Crippen LogP contribution in [0.4, 0.5) is 11.4 Å². The molecule has 0 atom stereocenters. The molecule has 0 radical (unpaired) electrons. The molecule has 0 aliphatic carbocycles. The van der Waals surface area contributed by atoms with Gasteiger partial charge in [-0.2, -0.15) is 0 Å². The quantitative estimate of drug-likeness (QED) is 0.922. The highest BCUT2D eigenvalue weighted by Crippen LogP contribution is 2.26. The van der Waals surface area contributed by atoms with Crippen LogP contribution in [0.25, 0.3) is 0 Å². The van der Waals surface area contributed by atoms with Crippen molar-refractivity contribution in [3.05, 3.63) is 58.6 Å². The topological polar surface area (TPSA) is 49.4 Å². The van der Waals surface area contributed by atoms with E-state index >= 15 is 0 Å². The molecule has 2 aromatic rings. The molecule has 2 amide bonds. The molecule has 0 saturated carbocycles. The predicted octanol–water partition coefficient (Wildman–Crippen LogP) is 3.95. The number of amides is 2. The van der Waals surface area contributed by atoms with Gasteiger partial charge >= 0.3 is 0 Å². The van der Waals surface area contributed by atoms with Gasteiger partial charge in [-0.3, -0.25) is 9.59 Å². The maximum atomic E-state index is 12.3. The number of halogens is 1. The van der Waals surface area contributed by atoms with Gasteiger partial charge in [-0.15, -0.1) is 0 Å². The lowest BCUT2D eigenvalue weighted by molar-refractivity contribution is -0.120. The van der Waals surface area contributed by atoms with Crippen LogP contribution in [0.1, 0.15) is 18.1 Å². The van der Waals surface area contributed by atoms with Crippen molar-refractivity contribution >= 4 is 34.8 Å². The fourth-order valence-corrected chi connectivity index (χ4v) is 2.47. The van der Waals surface area contributed by atoms with E-state index in [1.165, 1.54) is 11.8 Å². The molecular formula is C18H19ClN2O2. The zero-order valence-electron chi connectivity index (χ0n) is 13.4. The van der Waals surface area contributed by atoms with Gasteiger partial charge in [-0.05, 0) is 43.2 Å². The van der Waals surface area contributed by atoms with E-state index < -0.39 is 0 Å². The lowest BCUT2D eigenvalue weighted by Crippen LogP contribution is -2.37. The van der Waals surface area contributed by atoms with Crippen molar-refractivity contribution in [1.29, 1.82) is 0 Å².